The van der Waals surface area contributed by atoms with Crippen LogP contribution < -0.4 is 0 Å². The maximum Gasteiger partial charge on any atom is 0.417 e. The number of nitrogens with zero attached hydrogens (tertiary/aromatic N) is 1. The average molecular weight is 263 g/mol. The van der Waals surface area contributed by atoms with Crippen molar-refractivity contribution in [3.8, 4) is 0 Å². The van der Waals surface area contributed by atoms with Crippen LogP contribution in [-0.4, -0.2) is 17.0 Å². The Hall–Kier alpha value is -1.04. The topological polar surface area (TPSA) is 30.0 Å². The van der Waals surface area contributed by atoms with Gasteiger partial charge in [0.15, 0.2) is 0 Å². The van der Waals surface area contributed by atoms with E-state index in [9.17, 15) is 18.0 Å². The van der Waals surface area contributed by atoms with Crippen LogP contribution in [0.15, 0.2) is 23.4 Å². The lowest BCUT2D eigenvalue weighted by Gasteiger charge is -2.15. The summed E-state index contributed by atoms with van der Waals surface area (Å²) in [5.74, 6) is 0.481. The number of alkyl halides is 3. The second-order valence-electron chi connectivity index (χ2n) is 4.28. The fraction of sp³-hybridized carbons (Fsp3) is 0.455. The van der Waals surface area contributed by atoms with Gasteiger partial charge in [-0.2, -0.15) is 13.2 Å². The van der Waals surface area contributed by atoms with E-state index >= 15 is 0 Å². The molecule has 17 heavy (non-hydrogen) atoms. The molecule has 0 radical (unpaired) electrons. The summed E-state index contributed by atoms with van der Waals surface area (Å²) in [5, 5.41) is 0.480. The molecule has 0 aliphatic carbocycles. The van der Waals surface area contributed by atoms with Gasteiger partial charge in [0.25, 0.3) is 0 Å². The number of aromatic nitrogens is 1. The first-order valence-electron chi connectivity index (χ1n) is 4.87. The Morgan fingerprint density at radius 3 is 2.41 bits per heavy atom. The van der Waals surface area contributed by atoms with E-state index in [2.05, 4.69) is 4.98 Å². The highest BCUT2D eigenvalue weighted by atomic mass is 32.2. The Balaban J connectivity index is 2.67. The molecule has 0 amide bonds. The normalized spacial score (nSPS) is 12.5. The van der Waals surface area contributed by atoms with Gasteiger partial charge in [-0.1, -0.05) is 13.8 Å². The highest BCUT2D eigenvalue weighted by Crippen LogP contribution is 2.30. The first-order chi connectivity index (χ1) is 7.74. The van der Waals surface area contributed by atoms with Gasteiger partial charge in [0.1, 0.15) is 6.29 Å². The predicted molar refractivity (Wildman–Crippen MR) is 59.8 cm³/mol. The third-order valence-electron chi connectivity index (χ3n) is 1.97. The van der Waals surface area contributed by atoms with E-state index in [1.807, 2.05) is 0 Å². The first kappa shape index (κ1) is 14.0. The minimum atomic E-state index is -4.36. The van der Waals surface area contributed by atoms with Gasteiger partial charge in [0, 0.05) is 17.4 Å². The summed E-state index contributed by atoms with van der Waals surface area (Å²) < 4.78 is 36.8. The number of carbonyl (C=O) groups excluding carboxylic acids is 1. The first-order valence-corrected chi connectivity index (χ1v) is 5.85. The van der Waals surface area contributed by atoms with Gasteiger partial charge in [-0.3, -0.25) is 0 Å². The molecule has 1 aromatic rings. The fourth-order valence-corrected chi connectivity index (χ4v) is 1.81. The van der Waals surface area contributed by atoms with E-state index in [1.165, 1.54) is 17.8 Å². The van der Waals surface area contributed by atoms with Crippen LogP contribution in [0.4, 0.5) is 13.2 Å². The molecule has 0 atom stereocenters. The molecule has 0 saturated carbocycles. The monoisotopic (exact) mass is 263 g/mol. The van der Waals surface area contributed by atoms with Crippen molar-refractivity contribution in [2.45, 2.75) is 25.0 Å². The smallest absolute Gasteiger partial charge is 0.303 e. The largest absolute Gasteiger partial charge is 0.417 e. The van der Waals surface area contributed by atoms with Crippen LogP contribution in [0.5, 0.6) is 0 Å². The van der Waals surface area contributed by atoms with Crippen molar-refractivity contribution in [3.63, 3.8) is 0 Å². The lowest BCUT2D eigenvalue weighted by molar-refractivity contribution is -0.137. The lowest BCUT2D eigenvalue weighted by atomic mass is 10.00. The van der Waals surface area contributed by atoms with Gasteiger partial charge in [0.05, 0.1) is 10.6 Å². The second-order valence-corrected chi connectivity index (χ2v) is 5.27. The van der Waals surface area contributed by atoms with Crippen LogP contribution >= 0.6 is 11.8 Å². The number of rotatable bonds is 4. The molecule has 0 aromatic carbocycles. The number of halogens is 3. The van der Waals surface area contributed by atoms with E-state index in [1.54, 1.807) is 13.8 Å². The van der Waals surface area contributed by atoms with Gasteiger partial charge >= 0.3 is 6.18 Å². The molecule has 2 nitrogen and oxygen atoms in total. The zero-order chi connectivity index (χ0) is 13.1. The summed E-state index contributed by atoms with van der Waals surface area (Å²) in [6.07, 6.45) is -2.74. The van der Waals surface area contributed by atoms with E-state index in [0.717, 1.165) is 18.5 Å². The number of hydrogen-bond acceptors (Lipinski definition) is 3. The summed E-state index contributed by atoms with van der Waals surface area (Å²) in [7, 11) is 0. The maximum atomic E-state index is 12.3. The number of thioether (sulfide) groups is 1. The van der Waals surface area contributed by atoms with Gasteiger partial charge in [-0.05, 0) is 12.1 Å². The molecule has 1 heterocycles. The highest BCUT2D eigenvalue weighted by molar-refractivity contribution is 7.99. The van der Waals surface area contributed by atoms with Crippen LogP contribution in [0.2, 0.25) is 0 Å². The molecule has 0 saturated heterocycles. The molecule has 0 unspecified atom stereocenters. The number of aldehydes is 1. The molecule has 1 rings (SSSR count). The van der Waals surface area contributed by atoms with Crippen molar-refractivity contribution in [2.75, 3.05) is 5.75 Å². The molecule has 0 N–H and O–H groups in total. The van der Waals surface area contributed by atoms with Crippen LogP contribution in [0.25, 0.3) is 0 Å². The van der Waals surface area contributed by atoms with Gasteiger partial charge in [-0.25, -0.2) is 4.98 Å². The van der Waals surface area contributed by atoms with Crippen molar-refractivity contribution >= 4 is 18.0 Å². The molecule has 1 aromatic heterocycles. The van der Waals surface area contributed by atoms with Crippen molar-refractivity contribution in [1.82, 2.24) is 4.98 Å². The molecular formula is C11H12F3NOS. The number of hydrogen-bond donors (Lipinski definition) is 0. The van der Waals surface area contributed by atoms with Crippen molar-refractivity contribution in [2.24, 2.45) is 5.41 Å². The number of carbonyl (C=O) groups is 1. The molecule has 0 spiro atoms. The van der Waals surface area contributed by atoms with Gasteiger partial charge < -0.3 is 4.79 Å². The Labute approximate surface area is 102 Å². The van der Waals surface area contributed by atoms with Crippen LogP contribution in [0.1, 0.15) is 19.4 Å². The quantitative estimate of drug-likeness (QED) is 0.616. The van der Waals surface area contributed by atoms with E-state index in [-0.39, 0.29) is 0 Å². The Morgan fingerprint density at radius 2 is 2.00 bits per heavy atom. The molecule has 6 heteroatoms. The van der Waals surface area contributed by atoms with Crippen LogP contribution in [0, 0.1) is 5.41 Å². The standard InChI is InChI=1S/C11H12F3NOS/c1-10(2,6-16)7-17-9-4-3-8(5-15-9)11(12,13)14/h3-6H,7H2,1-2H3. The van der Waals surface area contributed by atoms with E-state index in [0.29, 0.717) is 10.8 Å². The van der Waals surface area contributed by atoms with Crippen LogP contribution in [0.3, 0.4) is 0 Å². The second kappa shape index (κ2) is 5.08. The minimum absolute atomic E-state index is 0.480. The summed E-state index contributed by atoms with van der Waals surface area (Å²) >= 11 is 1.26. The summed E-state index contributed by atoms with van der Waals surface area (Å²) in [5.41, 5.74) is -1.27. The summed E-state index contributed by atoms with van der Waals surface area (Å²) in [6.45, 7) is 3.52. The Morgan fingerprint density at radius 1 is 1.35 bits per heavy atom. The molecule has 0 aliphatic rings. The predicted octanol–water partition coefficient (Wildman–Crippen LogP) is 3.42. The number of pyridine rings is 1. The zero-order valence-corrected chi connectivity index (χ0v) is 10.2. The third-order valence-corrected chi connectivity index (χ3v) is 3.40. The molecule has 94 valence electrons. The highest BCUT2D eigenvalue weighted by Gasteiger charge is 2.30. The van der Waals surface area contributed by atoms with Gasteiger partial charge in [-0.15, -0.1) is 11.8 Å². The Kier molecular flexibility index (Phi) is 4.19. The average Bonchev–Trinajstić information content (AvgIpc) is 2.26. The van der Waals surface area contributed by atoms with Gasteiger partial charge in [0.2, 0.25) is 0 Å². The zero-order valence-electron chi connectivity index (χ0n) is 9.41. The fourth-order valence-electron chi connectivity index (χ4n) is 0.927. The molecule has 0 bridgehead atoms. The van der Waals surface area contributed by atoms with Crippen molar-refractivity contribution in [3.05, 3.63) is 23.9 Å². The van der Waals surface area contributed by atoms with Crippen molar-refractivity contribution in [1.29, 1.82) is 0 Å². The lowest BCUT2D eigenvalue weighted by Crippen LogP contribution is -2.16. The third kappa shape index (κ3) is 4.38. The minimum Gasteiger partial charge on any atom is -0.303 e. The van der Waals surface area contributed by atoms with Crippen LogP contribution in [-0.2, 0) is 11.0 Å². The Bertz CT molecular complexity index is 387. The van der Waals surface area contributed by atoms with Crippen molar-refractivity contribution < 1.29 is 18.0 Å². The molecular weight excluding hydrogens is 251 g/mol. The van der Waals surface area contributed by atoms with E-state index < -0.39 is 17.2 Å². The van der Waals surface area contributed by atoms with E-state index in [4.69, 9.17) is 0 Å². The maximum absolute atomic E-state index is 12.3. The SMILES string of the molecule is CC(C)(C=O)CSc1ccc(C(F)(F)F)cn1. The molecule has 0 fully saturated rings. The summed E-state index contributed by atoms with van der Waals surface area (Å²) in [4.78, 5) is 14.4. The molecule has 0 aliphatic heterocycles. The summed E-state index contributed by atoms with van der Waals surface area (Å²) in [6, 6.07) is 2.30.